The summed E-state index contributed by atoms with van der Waals surface area (Å²) < 4.78 is 45.6. The van der Waals surface area contributed by atoms with Gasteiger partial charge in [0.25, 0.3) is 0 Å². The molecule has 0 saturated carbocycles. The third-order valence-corrected chi connectivity index (χ3v) is 5.75. The molecule has 1 unspecified atom stereocenters. The SMILES string of the molecule is Cc1ccc(CC(=O)Nc2cc(Br)ccc2OC(CCC(F)(F)F)c2ccccc2Cl)cc1. The Morgan fingerprint density at radius 1 is 1.09 bits per heavy atom. The maximum absolute atomic E-state index is 13.0. The highest BCUT2D eigenvalue weighted by Crippen LogP contribution is 2.37. The molecule has 0 aliphatic heterocycles. The van der Waals surface area contributed by atoms with E-state index < -0.39 is 18.7 Å². The molecule has 8 heteroatoms. The summed E-state index contributed by atoms with van der Waals surface area (Å²) in [4.78, 5) is 12.6. The third kappa shape index (κ3) is 7.79. The van der Waals surface area contributed by atoms with E-state index in [1.807, 2.05) is 31.2 Å². The van der Waals surface area contributed by atoms with E-state index in [0.717, 1.165) is 11.1 Å². The van der Waals surface area contributed by atoms with Gasteiger partial charge in [0.1, 0.15) is 11.9 Å². The van der Waals surface area contributed by atoms with Gasteiger partial charge < -0.3 is 10.1 Å². The minimum Gasteiger partial charge on any atom is -0.483 e. The Balaban J connectivity index is 1.83. The number of carbonyl (C=O) groups excluding carboxylic acids is 1. The van der Waals surface area contributed by atoms with Crippen molar-refractivity contribution in [2.24, 2.45) is 0 Å². The van der Waals surface area contributed by atoms with E-state index in [0.29, 0.717) is 20.7 Å². The fourth-order valence-electron chi connectivity index (χ4n) is 3.25. The van der Waals surface area contributed by atoms with E-state index in [1.165, 1.54) is 0 Å². The zero-order valence-corrected chi connectivity index (χ0v) is 20.1. The zero-order valence-electron chi connectivity index (χ0n) is 17.8. The van der Waals surface area contributed by atoms with E-state index >= 15 is 0 Å². The molecule has 0 saturated heterocycles. The first-order valence-electron chi connectivity index (χ1n) is 10.2. The molecule has 0 heterocycles. The minimum atomic E-state index is -4.34. The van der Waals surface area contributed by atoms with Crippen molar-refractivity contribution in [2.75, 3.05) is 5.32 Å². The number of alkyl halides is 3. The van der Waals surface area contributed by atoms with Gasteiger partial charge in [-0.25, -0.2) is 0 Å². The smallest absolute Gasteiger partial charge is 0.389 e. The number of halogens is 5. The van der Waals surface area contributed by atoms with Crippen molar-refractivity contribution < 1.29 is 22.7 Å². The normalized spacial score (nSPS) is 12.3. The van der Waals surface area contributed by atoms with Crippen molar-refractivity contribution >= 4 is 39.1 Å². The average molecular weight is 541 g/mol. The second-order valence-electron chi connectivity index (χ2n) is 7.63. The lowest BCUT2D eigenvalue weighted by Gasteiger charge is -2.23. The van der Waals surface area contributed by atoms with Crippen LogP contribution in [0.1, 0.15) is 35.6 Å². The summed E-state index contributed by atoms with van der Waals surface area (Å²) >= 11 is 9.61. The summed E-state index contributed by atoms with van der Waals surface area (Å²) in [5.41, 5.74) is 2.73. The van der Waals surface area contributed by atoms with Crippen LogP contribution in [0.3, 0.4) is 0 Å². The molecule has 0 aromatic heterocycles. The van der Waals surface area contributed by atoms with Crippen LogP contribution < -0.4 is 10.1 Å². The van der Waals surface area contributed by atoms with Gasteiger partial charge in [0, 0.05) is 21.5 Å². The van der Waals surface area contributed by atoms with E-state index in [2.05, 4.69) is 21.2 Å². The number of ether oxygens (including phenoxy) is 1. The van der Waals surface area contributed by atoms with Crippen molar-refractivity contribution in [3.05, 3.63) is 92.9 Å². The highest BCUT2D eigenvalue weighted by molar-refractivity contribution is 9.10. The summed E-state index contributed by atoms with van der Waals surface area (Å²) in [6.45, 7) is 1.96. The van der Waals surface area contributed by atoms with Crippen molar-refractivity contribution in [3.63, 3.8) is 0 Å². The molecule has 3 aromatic rings. The quantitative estimate of drug-likeness (QED) is 0.314. The van der Waals surface area contributed by atoms with Crippen LogP contribution in [0.2, 0.25) is 5.02 Å². The van der Waals surface area contributed by atoms with Crippen LogP contribution in [0.15, 0.2) is 71.2 Å². The summed E-state index contributed by atoms with van der Waals surface area (Å²) in [6.07, 6.45) is -6.49. The molecule has 0 radical (unpaired) electrons. The van der Waals surface area contributed by atoms with Gasteiger partial charge in [-0.15, -0.1) is 0 Å². The molecule has 1 atom stereocenters. The lowest BCUT2D eigenvalue weighted by atomic mass is 10.0. The second-order valence-corrected chi connectivity index (χ2v) is 8.96. The first-order valence-corrected chi connectivity index (χ1v) is 11.4. The summed E-state index contributed by atoms with van der Waals surface area (Å²) in [7, 11) is 0. The first kappa shape index (κ1) is 25.1. The first-order chi connectivity index (χ1) is 15.6. The fourth-order valence-corrected chi connectivity index (χ4v) is 3.87. The molecule has 0 aliphatic rings. The van der Waals surface area contributed by atoms with Crippen LogP contribution in [-0.2, 0) is 11.2 Å². The third-order valence-electron chi connectivity index (χ3n) is 4.91. The number of hydrogen-bond acceptors (Lipinski definition) is 2. The Labute approximate surface area is 204 Å². The number of anilines is 1. The van der Waals surface area contributed by atoms with E-state index in [4.69, 9.17) is 16.3 Å². The number of aryl methyl sites for hydroxylation is 1. The van der Waals surface area contributed by atoms with Crippen molar-refractivity contribution in [2.45, 2.75) is 38.5 Å². The van der Waals surface area contributed by atoms with Crippen molar-refractivity contribution in [3.8, 4) is 5.75 Å². The number of rotatable bonds is 8. The van der Waals surface area contributed by atoms with E-state index in [9.17, 15) is 18.0 Å². The Kier molecular flexibility index (Phi) is 8.43. The molecule has 1 N–H and O–H groups in total. The van der Waals surface area contributed by atoms with Gasteiger partial charge in [-0.2, -0.15) is 13.2 Å². The number of amides is 1. The van der Waals surface area contributed by atoms with Gasteiger partial charge in [-0.3, -0.25) is 4.79 Å². The van der Waals surface area contributed by atoms with Gasteiger partial charge in [0.15, 0.2) is 0 Å². The van der Waals surface area contributed by atoms with Crippen LogP contribution in [-0.4, -0.2) is 12.1 Å². The number of nitrogens with one attached hydrogen (secondary N) is 1. The molecular weight excluding hydrogens is 519 g/mol. The van der Waals surface area contributed by atoms with Gasteiger partial charge in [0.05, 0.1) is 12.1 Å². The Morgan fingerprint density at radius 2 is 1.79 bits per heavy atom. The summed E-state index contributed by atoms with van der Waals surface area (Å²) in [5, 5.41) is 3.12. The predicted molar refractivity (Wildman–Crippen MR) is 128 cm³/mol. The maximum atomic E-state index is 13.0. The fraction of sp³-hybridized carbons (Fsp3) is 0.240. The van der Waals surface area contributed by atoms with Crippen LogP contribution >= 0.6 is 27.5 Å². The maximum Gasteiger partial charge on any atom is 0.389 e. The molecule has 0 bridgehead atoms. The number of carbonyl (C=O) groups is 1. The Bertz CT molecular complexity index is 1100. The van der Waals surface area contributed by atoms with Crippen LogP contribution in [0, 0.1) is 6.92 Å². The van der Waals surface area contributed by atoms with Gasteiger partial charge in [0.2, 0.25) is 5.91 Å². The molecule has 0 aliphatic carbocycles. The molecule has 0 fully saturated rings. The molecule has 3 aromatic carbocycles. The van der Waals surface area contributed by atoms with Crippen molar-refractivity contribution in [1.29, 1.82) is 0 Å². The molecule has 0 spiro atoms. The molecule has 1 amide bonds. The number of benzene rings is 3. The van der Waals surface area contributed by atoms with Crippen molar-refractivity contribution in [1.82, 2.24) is 0 Å². The van der Waals surface area contributed by atoms with Crippen LogP contribution in [0.4, 0.5) is 18.9 Å². The standard InChI is InChI=1S/C25H22BrClF3NO2/c1-16-6-8-17(9-7-16)14-24(32)31-21-15-18(26)10-11-23(21)33-22(12-13-25(28,29)30)19-4-2-3-5-20(19)27/h2-11,15,22H,12-14H2,1H3,(H,31,32). The molecule has 33 heavy (non-hydrogen) atoms. The predicted octanol–water partition coefficient (Wildman–Crippen LogP) is 8.05. The second kappa shape index (κ2) is 11.1. The zero-order chi connectivity index (χ0) is 24.0. The van der Waals surface area contributed by atoms with Gasteiger partial charge >= 0.3 is 6.18 Å². The van der Waals surface area contributed by atoms with Crippen LogP contribution in [0.5, 0.6) is 5.75 Å². The number of hydrogen-bond donors (Lipinski definition) is 1. The topological polar surface area (TPSA) is 38.3 Å². The highest BCUT2D eigenvalue weighted by Gasteiger charge is 2.30. The van der Waals surface area contributed by atoms with E-state index in [1.54, 1.807) is 42.5 Å². The van der Waals surface area contributed by atoms with E-state index in [-0.39, 0.29) is 24.5 Å². The largest absolute Gasteiger partial charge is 0.483 e. The molecule has 3 nitrogen and oxygen atoms in total. The van der Waals surface area contributed by atoms with Gasteiger partial charge in [-0.05, 0) is 43.2 Å². The summed E-state index contributed by atoms with van der Waals surface area (Å²) in [6, 6.07) is 19.2. The van der Waals surface area contributed by atoms with Gasteiger partial charge in [-0.1, -0.05) is 75.6 Å². The van der Waals surface area contributed by atoms with Crippen LogP contribution in [0.25, 0.3) is 0 Å². The monoisotopic (exact) mass is 539 g/mol. The average Bonchev–Trinajstić information content (AvgIpc) is 2.74. The summed E-state index contributed by atoms with van der Waals surface area (Å²) in [5.74, 6) is -0.0195. The lowest BCUT2D eigenvalue weighted by Crippen LogP contribution is -2.17. The molecule has 174 valence electrons. The molecule has 3 rings (SSSR count). The minimum absolute atomic E-state index is 0.147. The molecular formula is C25H22BrClF3NO2. The Morgan fingerprint density at radius 3 is 2.45 bits per heavy atom. The lowest BCUT2D eigenvalue weighted by molar-refractivity contribution is -0.139. The highest BCUT2D eigenvalue weighted by atomic mass is 79.9. The Hall–Kier alpha value is -2.51.